The maximum absolute atomic E-state index is 9.75. The number of phenolic OH excluding ortho intramolecular Hbond substituents is 1. The smallest absolute Gasteiger partial charge is 0.121 e. The number of hydrogen-bond acceptors (Lipinski definition) is 3. The van der Waals surface area contributed by atoms with Crippen molar-refractivity contribution in [2.75, 3.05) is 26.2 Å². The summed E-state index contributed by atoms with van der Waals surface area (Å²) in [7, 11) is 0. The molecule has 2 rings (SSSR count). The highest BCUT2D eigenvalue weighted by Gasteiger charge is 2.11. The summed E-state index contributed by atoms with van der Waals surface area (Å²) in [5.41, 5.74) is 1.00. The van der Waals surface area contributed by atoms with Crippen LogP contribution in [0, 0.1) is 0 Å². The summed E-state index contributed by atoms with van der Waals surface area (Å²) >= 11 is 3.34. The summed E-state index contributed by atoms with van der Waals surface area (Å²) in [5.74, 6) is 0.378. The zero-order valence-corrected chi connectivity index (χ0v) is 12.6. The molecule has 1 aliphatic heterocycles. The zero-order chi connectivity index (χ0) is 10.7. The number of phenols is 1. The predicted molar refractivity (Wildman–Crippen MR) is 78.4 cm³/mol. The van der Waals surface area contributed by atoms with Crippen molar-refractivity contribution in [3.05, 3.63) is 28.2 Å². The van der Waals surface area contributed by atoms with Crippen LogP contribution in [0.1, 0.15) is 5.56 Å². The molecule has 0 aliphatic carbocycles. The van der Waals surface area contributed by atoms with E-state index in [2.05, 4.69) is 26.1 Å². The number of hydrogen-bond donors (Lipinski definition) is 2. The van der Waals surface area contributed by atoms with E-state index < -0.39 is 0 Å². The van der Waals surface area contributed by atoms with Gasteiger partial charge < -0.3 is 10.4 Å². The van der Waals surface area contributed by atoms with Crippen LogP contribution in [0.5, 0.6) is 5.75 Å². The lowest BCUT2D eigenvalue weighted by atomic mass is 10.2. The van der Waals surface area contributed by atoms with E-state index in [0.29, 0.717) is 5.75 Å². The summed E-state index contributed by atoms with van der Waals surface area (Å²) in [6, 6.07) is 5.69. The molecular formula is C11H17BrCl2N2O. The van der Waals surface area contributed by atoms with Crippen LogP contribution in [-0.4, -0.2) is 36.2 Å². The van der Waals surface area contributed by atoms with Gasteiger partial charge in [0.25, 0.3) is 0 Å². The number of nitrogens with one attached hydrogen (secondary N) is 1. The molecular weight excluding hydrogens is 327 g/mol. The molecule has 0 spiro atoms. The molecule has 0 amide bonds. The topological polar surface area (TPSA) is 35.5 Å². The van der Waals surface area contributed by atoms with Gasteiger partial charge in [0.1, 0.15) is 5.75 Å². The molecule has 0 bridgehead atoms. The molecule has 1 fully saturated rings. The average molecular weight is 344 g/mol. The quantitative estimate of drug-likeness (QED) is 0.865. The number of aromatic hydroxyl groups is 1. The minimum Gasteiger partial charge on any atom is -0.508 e. The van der Waals surface area contributed by atoms with Gasteiger partial charge in [-0.05, 0) is 12.1 Å². The molecule has 1 aromatic carbocycles. The molecule has 1 aliphatic rings. The fraction of sp³-hybridized carbons (Fsp3) is 0.455. The predicted octanol–water partition coefficient (Wildman–Crippen LogP) is 2.40. The van der Waals surface area contributed by atoms with E-state index in [9.17, 15) is 5.11 Å². The van der Waals surface area contributed by atoms with E-state index in [-0.39, 0.29) is 24.8 Å². The minimum atomic E-state index is 0. The van der Waals surface area contributed by atoms with Gasteiger partial charge in [-0.3, -0.25) is 4.90 Å². The Hall–Kier alpha value is -0.0000000000000000971. The molecule has 0 atom stereocenters. The van der Waals surface area contributed by atoms with Crippen molar-refractivity contribution in [3.8, 4) is 5.75 Å². The van der Waals surface area contributed by atoms with Gasteiger partial charge in [0.05, 0.1) is 0 Å². The number of halogens is 3. The van der Waals surface area contributed by atoms with E-state index >= 15 is 0 Å². The van der Waals surface area contributed by atoms with Crippen LogP contribution >= 0.6 is 40.7 Å². The normalized spacial score (nSPS) is 15.8. The standard InChI is InChI=1S/C11H15BrN2O.2ClH/c12-10-2-1-9(11(15)7-10)8-14-5-3-13-4-6-14;;/h1-2,7,13,15H,3-6,8H2;2*1H. The van der Waals surface area contributed by atoms with Crippen molar-refractivity contribution < 1.29 is 5.11 Å². The van der Waals surface area contributed by atoms with Crippen molar-refractivity contribution in [1.82, 2.24) is 10.2 Å². The Morgan fingerprint density at radius 3 is 2.47 bits per heavy atom. The molecule has 0 unspecified atom stereocenters. The summed E-state index contributed by atoms with van der Waals surface area (Å²) in [5, 5.41) is 13.1. The first kappa shape index (κ1) is 17.0. The van der Waals surface area contributed by atoms with Crippen LogP contribution in [0.2, 0.25) is 0 Å². The molecule has 0 saturated carbocycles. The highest BCUT2D eigenvalue weighted by atomic mass is 79.9. The molecule has 6 heteroatoms. The second-order valence-electron chi connectivity index (χ2n) is 3.80. The maximum Gasteiger partial charge on any atom is 0.121 e. The highest BCUT2D eigenvalue weighted by molar-refractivity contribution is 9.10. The third-order valence-electron chi connectivity index (χ3n) is 2.65. The summed E-state index contributed by atoms with van der Waals surface area (Å²) in [6.45, 7) is 5.01. The van der Waals surface area contributed by atoms with Crippen molar-refractivity contribution in [2.45, 2.75) is 6.54 Å². The molecule has 17 heavy (non-hydrogen) atoms. The van der Waals surface area contributed by atoms with E-state index in [1.165, 1.54) is 0 Å². The fourth-order valence-electron chi connectivity index (χ4n) is 1.78. The molecule has 98 valence electrons. The van der Waals surface area contributed by atoms with Crippen LogP contribution in [0.25, 0.3) is 0 Å². The number of nitrogens with zero attached hydrogens (tertiary/aromatic N) is 1. The Bertz CT molecular complexity index is 346. The van der Waals surface area contributed by atoms with Gasteiger partial charge in [0.15, 0.2) is 0 Å². The molecule has 1 saturated heterocycles. The van der Waals surface area contributed by atoms with Gasteiger partial charge in [-0.15, -0.1) is 24.8 Å². The highest BCUT2D eigenvalue weighted by Crippen LogP contribution is 2.23. The van der Waals surface area contributed by atoms with Gasteiger partial charge in [-0.2, -0.15) is 0 Å². The SMILES string of the molecule is Cl.Cl.Oc1cc(Br)ccc1CN1CCNCC1. The van der Waals surface area contributed by atoms with Crippen LogP contribution in [-0.2, 0) is 6.54 Å². The van der Waals surface area contributed by atoms with Crippen molar-refractivity contribution in [2.24, 2.45) is 0 Å². The Kier molecular flexibility index (Phi) is 8.16. The molecule has 1 heterocycles. The summed E-state index contributed by atoms with van der Waals surface area (Å²) in [6.07, 6.45) is 0. The van der Waals surface area contributed by atoms with E-state index in [4.69, 9.17) is 0 Å². The molecule has 2 N–H and O–H groups in total. The third-order valence-corrected chi connectivity index (χ3v) is 3.14. The van der Waals surface area contributed by atoms with E-state index in [1.54, 1.807) is 6.07 Å². The van der Waals surface area contributed by atoms with Gasteiger partial charge >= 0.3 is 0 Å². The van der Waals surface area contributed by atoms with Crippen LogP contribution in [0.15, 0.2) is 22.7 Å². The van der Waals surface area contributed by atoms with Gasteiger partial charge in [-0.1, -0.05) is 22.0 Å². The molecule has 0 radical (unpaired) electrons. The van der Waals surface area contributed by atoms with Crippen LogP contribution in [0.3, 0.4) is 0 Å². The van der Waals surface area contributed by atoms with E-state index in [0.717, 1.165) is 42.8 Å². The fourth-order valence-corrected chi connectivity index (χ4v) is 2.13. The number of rotatable bonds is 2. The number of piperazine rings is 1. The Morgan fingerprint density at radius 2 is 1.88 bits per heavy atom. The van der Waals surface area contributed by atoms with Gasteiger partial charge in [0, 0.05) is 42.8 Å². The van der Waals surface area contributed by atoms with Crippen LogP contribution in [0.4, 0.5) is 0 Å². The van der Waals surface area contributed by atoms with Crippen molar-refractivity contribution in [1.29, 1.82) is 0 Å². The summed E-state index contributed by atoms with van der Waals surface area (Å²) in [4.78, 5) is 2.35. The second kappa shape index (κ2) is 8.16. The Balaban J connectivity index is 0.00000128. The van der Waals surface area contributed by atoms with Gasteiger partial charge in [0.2, 0.25) is 0 Å². The molecule has 1 aromatic rings. The lowest BCUT2D eigenvalue weighted by Gasteiger charge is -2.27. The van der Waals surface area contributed by atoms with Crippen LogP contribution < -0.4 is 5.32 Å². The first-order valence-electron chi connectivity index (χ1n) is 5.16. The first-order chi connectivity index (χ1) is 7.25. The summed E-state index contributed by atoms with van der Waals surface area (Å²) < 4.78 is 0.920. The first-order valence-corrected chi connectivity index (χ1v) is 5.95. The van der Waals surface area contributed by atoms with Gasteiger partial charge in [-0.25, -0.2) is 0 Å². The lowest BCUT2D eigenvalue weighted by molar-refractivity contribution is 0.230. The number of benzene rings is 1. The zero-order valence-electron chi connectivity index (χ0n) is 9.36. The van der Waals surface area contributed by atoms with Crippen molar-refractivity contribution >= 4 is 40.7 Å². The third kappa shape index (κ3) is 5.02. The minimum absolute atomic E-state index is 0. The Morgan fingerprint density at radius 1 is 1.24 bits per heavy atom. The van der Waals surface area contributed by atoms with Crippen molar-refractivity contribution in [3.63, 3.8) is 0 Å². The second-order valence-corrected chi connectivity index (χ2v) is 4.71. The maximum atomic E-state index is 9.75. The van der Waals surface area contributed by atoms with E-state index in [1.807, 2.05) is 12.1 Å². The monoisotopic (exact) mass is 342 g/mol. The molecule has 0 aromatic heterocycles. The Labute approximate surface area is 123 Å². The lowest BCUT2D eigenvalue weighted by Crippen LogP contribution is -2.42. The average Bonchev–Trinajstić information content (AvgIpc) is 2.24. The largest absolute Gasteiger partial charge is 0.508 e. The molecule has 3 nitrogen and oxygen atoms in total.